The highest BCUT2D eigenvalue weighted by Gasteiger charge is 2.24. The van der Waals surface area contributed by atoms with Crippen LogP contribution < -0.4 is 5.73 Å². The van der Waals surface area contributed by atoms with Gasteiger partial charge in [0, 0.05) is 23.5 Å². The Morgan fingerprint density at radius 1 is 1.07 bits per heavy atom. The number of nitrogens with zero attached hydrogens (tertiary/aromatic N) is 1. The first-order valence-corrected chi connectivity index (χ1v) is 9.42. The number of carbonyl (C=O) groups excluding carboxylic acids is 2. The third kappa shape index (κ3) is 3.83. The Hall–Kier alpha value is -3.48. The number of aromatic nitrogens is 1. The molecule has 3 rings (SSSR count). The number of benzene rings is 2. The van der Waals surface area contributed by atoms with E-state index in [1.54, 1.807) is 31.2 Å². The second kappa shape index (κ2) is 8.49. The van der Waals surface area contributed by atoms with Gasteiger partial charge in [-0.1, -0.05) is 25.1 Å². The monoisotopic (exact) mass is 412 g/mol. The van der Waals surface area contributed by atoms with Crippen molar-refractivity contribution in [3.05, 3.63) is 82.2 Å². The predicted octanol–water partition coefficient (Wildman–Crippen LogP) is 4.24. The largest absolute Gasteiger partial charge is 0.465 e. The van der Waals surface area contributed by atoms with Crippen LogP contribution in [0.5, 0.6) is 0 Å². The van der Waals surface area contributed by atoms with E-state index in [0.29, 0.717) is 34.4 Å². The number of esters is 1. The Morgan fingerprint density at radius 2 is 1.73 bits per heavy atom. The molecule has 1 aromatic heterocycles. The minimum absolute atomic E-state index is 0.257. The quantitative estimate of drug-likeness (QED) is 0.616. The lowest BCUT2D eigenvalue weighted by Gasteiger charge is -2.12. The summed E-state index contributed by atoms with van der Waals surface area (Å²) in [6, 6.07) is 10.4. The van der Waals surface area contributed by atoms with Gasteiger partial charge < -0.3 is 15.0 Å². The maximum atomic E-state index is 13.7. The van der Waals surface area contributed by atoms with Crippen molar-refractivity contribution in [1.29, 1.82) is 0 Å². The van der Waals surface area contributed by atoms with Crippen molar-refractivity contribution < 1.29 is 23.1 Å². The SMILES string of the molecule is CCc1c(-c2ccc(C(=O)OC)cc2)c(C(N)=O)c(C)n1Cc1ccc(F)c(F)c1. The molecular formula is C23H22F2N2O3. The maximum Gasteiger partial charge on any atom is 0.337 e. The molecule has 0 aliphatic heterocycles. The van der Waals surface area contributed by atoms with E-state index < -0.39 is 23.5 Å². The van der Waals surface area contributed by atoms with Gasteiger partial charge in [0.05, 0.1) is 18.2 Å². The highest BCUT2D eigenvalue weighted by molar-refractivity contribution is 6.02. The van der Waals surface area contributed by atoms with Gasteiger partial charge in [0.1, 0.15) is 0 Å². The van der Waals surface area contributed by atoms with E-state index in [1.165, 1.54) is 13.2 Å². The van der Waals surface area contributed by atoms with Gasteiger partial charge in [0.25, 0.3) is 5.91 Å². The van der Waals surface area contributed by atoms with Crippen molar-refractivity contribution in [1.82, 2.24) is 4.57 Å². The summed E-state index contributed by atoms with van der Waals surface area (Å²) in [6.07, 6.45) is 0.575. The second-order valence-electron chi connectivity index (χ2n) is 6.90. The molecular weight excluding hydrogens is 390 g/mol. The summed E-state index contributed by atoms with van der Waals surface area (Å²) >= 11 is 0. The fourth-order valence-corrected chi connectivity index (χ4v) is 3.70. The minimum atomic E-state index is -0.927. The van der Waals surface area contributed by atoms with Gasteiger partial charge in [-0.05, 0) is 48.7 Å². The summed E-state index contributed by atoms with van der Waals surface area (Å²) in [7, 11) is 1.30. The Morgan fingerprint density at radius 3 is 2.27 bits per heavy atom. The lowest BCUT2D eigenvalue weighted by molar-refractivity contribution is 0.0600. The number of rotatable bonds is 6. The van der Waals surface area contributed by atoms with Crippen molar-refractivity contribution in [2.24, 2.45) is 5.73 Å². The van der Waals surface area contributed by atoms with Crippen molar-refractivity contribution in [2.45, 2.75) is 26.8 Å². The molecule has 0 atom stereocenters. The van der Waals surface area contributed by atoms with E-state index in [0.717, 1.165) is 23.4 Å². The normalized spacial score (nSPS) is 10.8. The summed E-state index contributed by atoms with van der Waals surface area (Å²) < 4.78 is 33.6. The van der Waals surface area contributed by atoms with Gasteiger partial charge in [-0.2, -0.15) is 0 Å². The van der Waals surface area contributed by atoms with Crippen molar-refractivity contribution in [3.8, 4) is 11.1 Å². The molecule has 1 amide bonds. The van der Waals surface area contributed by atoms with Crippen molar-refractivity contribution in [3.63, 3.8) is 0 Å². The topological polar surface area (TPSA) is 74.3 Å². The fourth-order valence-electron chi connectivity index (χ4n) is 3.70. The van der Waals surface area contributed by atoms with Crippen LogP contribution in [0.3, 0.4) is 0 Å². The van der Waals surface area contributed by atoms with E-state index >= 15 is 0 Å². The molecule has 1 heterocycles. The predicted molar refractivity (Wildman–Crippen MR) is 109 cm³/mol. The zero-order valence-electron chi connectivity index (χ0n) is 17.0. The molecule has 2 N–H and O–H groups in total. The van der Waals surface area contributed by atoms with Gasteiger partial charge in [-0.25, -0.2) is 13.6 Å². The van der Waals surface area contributed by atoms with Crippen LogP contribution in [0.2, 0.25) is 0 Å². The third-order valence-electron chi connectivity index (χ3n) is 5.13. The standard InChI is InChI=1S/C23H22F2N2O3/c1-4-19-21(15-6-8-16(9-7-15)23(29)30-3)20(22(26)28)13(2)27(19)12-14-5-10-17(24)18(25)11-14/h5-11H,4,12H2,1-3H3,(H2,26,28). The lowest BCUT2D eigenvalue weighted by atomic mass is 9.98. The van der Waals surface area contributed by atoms with E-state index in [9.17, 15) is 18.4 Å². The Labute approximate surface area is 173 Å². The molecule has 0 fully saturated rings. The number of ether oxygens (including phenoxy) is 1. The molecule has 0 bridgehead atoms. The highest BCUT2D eigenvalue weighted by Crippen LogP contribution is 2.34. The molecule has 0 unspecified atom stereocenters. The summed E-state index contributed by atoms with van der Waals surface area (Å²) in [5, 5.41) is 0. The zero-order chi connectivity index (χ0) is 22.0. The lowest BCUT2D eigenvalue weighted by Crippen LogP contribution is -2.13. The number of primary amides is 1. The molecule has 0 aliphatic rings. The number of carbonyl (C=O) groups is 2. The first-order valence-electron chi connectivity index (χ1n) is 9.42. The Kier molecular flexibility index (Phi) is 6.01. The van der Waals surface area contributed by atoms with Crippen LogP contribution in [-0.2, 0) is 17.7 Å². The van der Waals surface area contributed by atoms with E-state index in [1.807, 2.05) is 11.5 Å². The van der Waals surface area contributed by atoms with Crippen molar-refractivity contribution in [2.75, 3.05) is 7.11 Å². The van der Waals surface area contributed by atoms with Crippen LogP contribution >= 0.6 is 0 Å². The summed E-state index contributed by atoms with van der Waals surface area (Å²) in [6.45, 7) is 3.96. The maximum absolute atomic E-state index is 13.7. The van der Waals surface area contributed by atoms with E-state index in [2.05, 4.69) is 0 Å². The van der Waals surface area contributed by atoms with Crippen LogP contribution in [0.25, 0.3) is 11.1 Å². The summed E-state index contributed by atoms with van der Waals surface area (Å²) in [5.41, 5.74) is 9.86. The molecule has 0 aliphatic carbocycles. The smallest absolute Gasteiger partial charge is 0.337 e. The number of halogens is 2. The third-order valence-corrected chi connectivity index (χ3v) is 5.13. The van der Waals surface area contributed by atoms with Crippen LogP contribution in [0.4, 0.5) is 8.78 Å². The molecule has 30 heavy (non-hydrogen) atoms. The molecule has 0 radical (unpaired) electrons. The van der Waals surface area contributed by atoms with Crippen LogP contribution in [0.15, 0.2) is 42.5 Å². The Balaban J connectivity index is 2.15. The summed E-state index contributed by atoms with van der Waals surface area (Å²) in [5.74, 6) is -2.88. The fraction of sp³-hybridized carbons (Fsp3) is 0.217. The van der Waals surface area contributed by atoms with E-state index in [4.69, 9.17) is 10.5 Å². The number of hydrogen-bond donors (Lipinski definition) is 1. The van der Waals surface area contributed by atoms with E-state index in [-0.39, 0.29) is 6.54 Å². The zero-order valence-corrected chi connectivity index (χ0v) is 17.0. The molecule has 0 spiro atoms. The summed E-state index contributed by atoms with van der Waals surface area (Å²) in [4.78, 5) is 24.0. The molecule has 0 saturated heterocycles. The van der Waals surface area contributed by atoms with Crippen LogP contribution in [-0.4, -0.2) is 23.6 Å². The highest BCUT2D eigenvalue weighted by atomic mass is 19.2. The number of methoxy groups -OCH3 is 1. The van der Waals surface area contributed by atoms with Gasteiger partial charge in [0.15, 0.2) is 11.6 Å². The van der Waals surface area contributed by atoms with Gasteiger partial charge >= 0.3 is 5.97 Å². The Bertz CT molecular complexity index is 1120. The second-order valence-corrected chi connectivity index (χ2v) is 6.90. The first-order chi connectivity index (χ1) is 14.3. The van der Waals surface area contributed by atoms with Gasteiger partial charge in [-0.15, -0.1) is 0 Å². The molecule has 2 aromatic carbocycles. The average Bonchev–Trinajstić information content (AvgIpc) is 3.01. The average molecular weight is 412 g/mol. The minimum Gasteiger partial charge on any atom is -0.465 e. The molecule has 5 nitrogen and oxygen atoms in total. The molecule has 7 heteroatoms. The first kappa shape index (κ1) is 21.2. The molecule has 3 aromatic rings. The van der Waals surface area contributed by atoms with Crippen LogP contribution in [0.1, 0.15) is 44.6 Å². The van der Waals surface area contributed by atoms with Gasteiger partial charge in [0.2, 0.25) is 0 Å². The van der Waals surface area contributed by atoms with Gasteiger partial charge in [-0.3, -0.25) is 4.79 Å². The van der Waals surface area contributed by atoms with Crippen molar-refractivity contribution >= 4 is 11.9 Å². The number of hydrogen-bond acceptors (Lipinski definition) is 3. The number of amides is 1. The molecule has 156 valence electrons. The van der Waals surface area contributed by atoms with Crippen LogP contribution in [0, 0.1) is 18.6 Å². The molecule has 0 saturated carbocycles. The number of nitrogens with two attached hydrogens (primary N) is 1.